The van der Waals surface area contributed by atoms with Gasteiger partial charge in [-0.15, -0.1) is 23.5 Å². The Bertz CT molecular complexity index is 923. The number of hydrogen-bond donors (Lipinski definition) is 0. The zero-order valence-corrected chi connectivity index (χ0v) is 16.1. The van der Waals surface area contributed by atoms with Crippen LogP contribution in [0.1, 0.15) is 12.8 Å². The molecule has 0 amide bonds. The smallest absolute Gasteiger partial charge is 0.0837 e. The summed E-state index contributed by atoms with van der Waals surface area (Å²) in [7, 11) is 0. The van der Waals surface area contributed by atoms with E-state index in [0.717, 1.165) is 22.5 Å². The lowest BCUT2D eigenvalue weighted by Crippen LogP contribution is -1.87. The second-order valence-electron chi connectivity index (χ2n) is 6.07. The summed E-state index contributed by atoms with van der Waals surface area (Å²) in [6, 6.07) is 21.1. The lowest BCUT2D eigenvalue weighted by Gasteiger charge is -2.06. The van der Waals surface area contributed by atoms with E-state index in [1.165, 1.54) is 33.4 Å². The average Bonchev–Trinajstić information content (AvgIpc) is 2.71. The summed E-state index contributed by atoms with van der Waals surface area (Å²) >= 11 is 3.83. The van der Waals surface area contributed by atoms with Crippen LogP contribution in [0.5, 0.6) is 0 Å². The topological polar surface area (TPSA) is 25.8 Å². The molecule has 4 rings (SSSR count). The van der Waals surface area contributed by atoms with Gasteiger partial charge in [-0.2, -0.15) is 0 Å². The monoisotopic (exact) mass is 376 g/mol. The minimum Gasteiger partial charge on any atom is -0.255 e. The maximum Gasteiger partial charge on any atom is 0.0837 e. The molecule has 0 saturated heterocycles. The van der Waals surface area contributed by atoms with Crippen molar-refractivity contribution in [2.24, 2.45) is 0 Å². The largest absolute Gasteiger partial charge is 0.255 e. The molecule has 130 valence electrons. The Labute approximate surface area is 162 Å². The highest BCUT2D eigenvalue weighted by molar-refractivity contribution is 7.99. The molecule has 0 N–H and O–H groups in total. The van der Waals surface area contributed by atoms with Crippen molar-refractivity contribution in [1.82, 2.24) is 9.97 Å². The lowest BCUT2D eigenvalue weighted by atomic mass is 10.2. The third-order valence-corrected chi connectivity index (χ3v) is 6.51. The summed E-state index contributed by atoms with van der Waals surface area (Å²) in [5, 5.41) is 2.44. The van der Waals surface area contributed by atoms with Crippen LogP contribution >= 0.6 is 23.5 Å². The van der Waals surface area contributed by atoms with Gasteiger partial charge in [0, 0.05) is 33.0 Å². The molecule has 2 nitrogen and oxygen atoms in total. The predicted octanol–water partition coefficient (Wildman–Crippen LogP) is 6.45. The molecule has 26 heavy (non-hydrogen) atoms. The van der Waals surface area contributed by atoms with Gasteiger partial charge in [-0.25, -0.2) is 0 Å². The maximum absolute atomic E-state index is 4.53. The number of para-hydroxylation sites is 2. The summed E-state index contributed by atoms with van der Waals surface area (Å²) in [5.74, 6) is 2.26. The molecule has 0 unspecified atom stereocenters. The molecule has 0 bridgehead atoms. The molecule has 0 aliphatic rings. The van der Waals surface area contributed by atoms with E-state index >= 15 is 0 Å². The minimum absolute atomic E-state index is 1.12. The Kier molecular flexibility index (Phi) is 5.72. The standard InChI is InChI=1S/C22H20N2S2/c1(15-25-19-11-3-7-17-9-5-13-23-21(17)19)2-16-26-20-12-4-8-18-10-6-14-24-22(18)20/h3-14H,1-2,15-16H2. The van der Waals surface area contributed by atoms with Crippen LogP contribution in [0.25, 0.3) is 21.8 Å². The first kappa shape index (κ1) is 17.4. The Balaban J connectivity index is 1.28. The fourth-order valence-electron chi connectivity index (χ4n) is 2.95. The van der Waals surface area contributed by atoms with Gasteiger partial charge in [0.15, 0.2) is 0 Å². The summed E-state index contributed by atoms with van der Waals surface area (Å²) in [6.45, 7) is 0. The molecular formula is C22H20N2S2. The quantitative estimate of drug-likeness (QED) is 0.273. The van der Waals surface area contributed by atoms with Crippen molar-refractivity contribution in [1.29, 1.82) is 0 Å². The van der Waals surface area contributed by atoms with Crippen LogP contribution in [0.3, 0.4) is 0 Å². The fourth-order valence-corrected chi connectivity index (χ4v) is 5.05. The normalized spacial score (nSPS) is 11.2. The third-order valence-electron chi connectivity index (χ3n) is 4.25. The van der Waals surface area contributed by atoms with Crippen molar-refractivity contribution in [3.8, 4) is 0 Å². The summed E-state index contributed by atoms with van der Waals surface area (Å²) in [6.07, 6.45) is 6.17. The van der Waals surface area contributed by atoms with Gasteiger partial charge >= 0.3 is 0 Å². The highest BCUT2D eigenvalue weighted by Gasteiger charge is 2.04. The number of hydrogen-bond acceptors (Lipinski definition) is 4. The number of aromatic nitrogens is 2. The number of fused-ring (bicyclic) bond motifs is 2. The van der Waals surface area contributed by atoms with Gasteiger partial charge in [0.2, 0.25) is 0 Å². The summed E-state index contributed by atoms with van der Waals surface area (Å²) < 4.78 is 0. The molecule has 2 aromatic carbocycles. The van der Waals surface area contributed by atoms with Gasteiger partial charge in [0.05, 0.1) is 11.0 Å². The van der Waals surface area contributed by atoms with Crippen molar-refractivity contribution in [2.45, 2.75) is 22.6 Å². The zero-order chi connectivity index (χ0) is 17.6. The number of nitrogens with zero attached hydrogens (tertiary/aromatic N) is 2. The van der Waals surface area contributed by atoms with E-state index < -0.39 is 0 Å². The molecule has 0 aliphatic heterocycles. The highest BCUT2D eigenvalue weighted by Crippen LogP contribution is 2.29. The molecule has 4 aromatic rings. The zero-order valence-electron chi connectivity index (χ0n) is 14.5. The second-order valence-corrected chi connectivity index (χ2v) is 8.34. The van der Waals surface area contributed by atoms with Crippen LogP contribution in [0, 0.1) is 0 Å². The molecular weight excluding hydrogens is 356 g/mol. The maximum atomic E-state index is 4.53. The van der Waals surface area contributed by atoms with Crippen molar-refractivity contribution in [3.05, 3.63) is 73.1 Å². The van der Waals surface area contributed by atoms with Gasteiger partial charge in [-0.1, -0.05) is 36.4 Å². The van der Waals surface area contributed by atoms with Crippen molar-refractivity contribution in [3.63, 3.8) is 0 Å². The van der Waals surface area contributed by atoms with Crippen LogP contribution in [-0.4, -0.2) is 21.5 Å². The Morgan fingerprint density at radius 3 is 1.54 bits per heavy atom. The Morgan fingerprint density at radius 1 is 0.577 bits per heavy atom. The van der Waals surface area contributed by atoms with Crippen LogP contribution in [0.4, 0.5) is 0 Å². The Morgan fingerprint density at radius 2 is 1.04 bits per heavy atom. The van der Waals surface area contributed by atoms with Gasteiger partial charge < -0.3 is 0 Å². The molecule has 0 aliphatic carbocycles. The van der Waals surface area contributed by atoms with E-state index in [-0.39, 0.29) is 0 Å². The summed E-state index contributed by atoms with van der Waals surface area (Å²) in [4.78, 5) is 11.6. The van der Waals surface area contributed by atoms with Gasteiger partial charge in [-0.3, -0.25) is 9.97 Å². The van der Waals surface area contributed by atoms with E-state index in [2.05, 4.69) is 58.5 Å². The average molecular weight is 377 g/mol. The summed E-state index contributed by atoms with van der Waals surface area (Å²) in [5.41, 5.74) is 2.24. The van der Waals surface area contributed by atoms with Crippen molar-refractivity contribution >= 4 is 45.3 Å². The molecule has 0 fully saturated rings. The number of unbranched alkanes of at least 4 members (excludes halogenated alkanes) is 1. The van der Waals surface area contributed by atoms with Crippen LogP contribution in [0.2, 0.25) is 0 Å². The molecule has 2 heterocycles. The predicted molar refractivity (Wildman–Crippen MR) is 114 cm³/mol. The molecule has 0 radical (unpaired) electrons. The van der Waals surface area contributed by atoms with E-state index in [1.807, 2.05) is 48.1 Å². The molecule has 0 saturated carbocycles. The van der Waals surface area contributed by atoms with Gasteiger partial charge in [0.1, 0.15) is 0 Å². The third kappa shape index (κ3) is 4.02. The number of thioether (sulfide) groups is 2. The first-order chi connectivity index (χ1) is 12.9. The SMILES string of the molecule is c1cnc2c(SCCCCSc3cccc4cccnc34)cccc2c1. The van der Waals surface area contributed by atoms with E-state index in [1.54, 1.807) is 0 Å². The van der Waals surface area contributed by atoms with Crippen LogP contribution in [-0.2, 0) is 0 Å². The molecule has 0 spiro atoms. The lowest BCUT2D eigenvalue weighted by molar-refractivity contribution is 0.907. The van der Waals surface area contributed by atoms with Crippen molar-refractivity contribution < 1.29 is 0 Å². The molecule has 4 heteroatoms. The fraction of sp³-hybridized carbons (Fsp3) is 0.182. The minimum atomic E-state index is 1.12. The molecule has 0 atom stereocenters. The van der Waals surface area contributed by atoms with Crippen LogP contribution in [0.15, 0.2) is 82.8 Å². The first-order valence-electron chi connectivity index (χ1n) is 8.85. The van der Waals surface area contributed by atoms with Crippen LogP contribution < -0.4 is 0 Å². The van der Waals surface area contributed by atoms with Gasteiger partial charge in [-0.05, 0) is 48.6 Å². The van der Waals surface area contributed by atoms with E-state index in [4.69, 9.17) is 0 Å². The number of pyridine rings is 2. The Hall–Kier alpha value is -2.04. The second kappa shape index (κ2) is 8.56. The number of rotatable bonds is 7. The molecule has 2 aromatic heterocycles. The highest BCUT2D eigenvalue weighted by atomic mass is 32.2. The number of benzene rings is 2. The van der Waals surface area contributed by atoms with Gasteiger partial charge in [0.25, 0.3) is 0 Å². The first-order valence-corrected chi connectivity index (χ1v) is 10.8. The van der Waals surface area contributed by atoms with Crippen molar-refractivity contribution in [2.75, 3.05) is 11.5 Å². The van der Waals surface area contributed by atoms with E-state index in [0.29, 0.717) is 0 Å². The van der Waals surface area contributed by atoms with E-state index in [9.17, 15) is 0 Å².